The number of hydrogen-bond acceptors (Lipinski definition) is 3. The number of carbonyl (C=O) groups excluding carboxylic acids is 1. The van der Waals surface area contributed by atoms with Gasteiger partial charge in [-0.3, -0.25) is 14.7 Å². The highest BCUT2D eigenvalue weighted by Crippen LogP contribution is 2.40. The number of fused-ring (bicyclic) bond motifs is 5. The van der Waals surface area contributed by atoms with Crippen LogP contribution in [0.15, 0.2) is 49.2 Å². The molecule has 4 heterocycles. The maximum absolute atomic E-state index is 13.0. The van der Waals surface area contributed by atoms with Crippen molar-refractivity contribution in [3.8, 4) is 0 Å². The van der Waals surface area contributed by atoms with Crippen molar-refractivity contribution >= 4 is 16.7 Å². The van der Waals surface area contributed by atoms with Gasteiger partial charge >= 0.3 is 0 Å². The SMILES string of the molecule is [2H][C@]1(c2ccnc3ccccc23)C(=O)C[C@@H]2CCN1C[C@@H]2C=C. The molecule has 0 spiro atoms. The summed E-state index contributed by atoms with van der Waals surface area (Å²) in [6.45, 7) is 5.46. The zero-order valence-electron chi connectivity index (χ0n) is 13.5. The number of pyridine rings is 1. The Kier molecular flexibility index (Phi) is 3.03. The molecule has 112 valence electrons. The quantitative estimate of drug-likeness (QED) is 0.796. The molecule has 1 unspecified atom stereocenters. The number of piperidine rings is 1. The van der Waals surface area contributed by atoms with Gasteiger partial charge in [0.2, 0.25) is 0 Å². The van der Waals surface area contributed by atoms with E-state index in [1.54, 1.807) is 6.20 Å². The average Bonchev–Trinajstić information content (AvgIpc) is 2.78. The van der Waals surface area contributed by atoms with Gasteiger partial charge in [-0.15, -0.1) is 6.58 Å². The van der Waals surface area contributed by atoms with E-state index >= 15 is 0 Å². The van der Waals surface area contributed by atoms with Crippen molar-refractivity contribution in [3.05, 3.63) is 54.7 Å². The summed E-state index contributed by atoms with van der Waals surface area (Å²) in [6.07, 6.45) is 5.10. The maximum Gasteiger partial charge on any atom is 0.154 e. The second-order valence-corrected chi connectivity index (χ2v) is 6.25. The van der Waals surface area contributed by atoms with Gasteiger partial charge in [-0.2, -0.15) is 0 Å². The zero-order valence-corrected chi connectivity index (χ0v) is 12.5. The first-order valence-corrected chi connectivity index (χ1v) is 7.89. The first kappa shape index (κ1) is 12.5. The van der Waals surface area contributed by atoms with Crippen LogP contribution in [-0.2, 0) is 4.79 Å². The lowest BCUT2D eigenvalue weighted by Gasteiger charge is -2.35. The minimum atomic E-state index is -1.31. The predicted octanol–water partition coefficient (Wildman–Crippen LogP) is 3.37. The summed E-state index contributed by atoms with van der Waals surface area (Å²) in [4.78, 5) is 19.4. The van der Waals surface area contributed by atoms with Crippen molar-refractivity contribution in [1.82, 2.24) is 9.88 Å². The molecular weight excluding hydrogens is 272 g/mol. The molecule has 3 heteroatoms. The van der Waals surface area contributed by atoms with E-state index in [4.69, 9.17) is 1.37 Å². The summed E-state index contributed by atoms with van der Waals surface area (Å²) in [5.41, 5.74) is 1.60. The van der Waals surface area contributed by atoms with Gasteiger partial charge in [-0.25, -0.2) is 0 Å². The highest BCUT2D eigenvalue weighted by Gasteiger charge is 2.41. The Bertz CT molecular complexity index is 785. The molecule has 3 saturated heterocycles. The summed E-state index contributed by atoms with van der Waals surface area (Å²) in [5, 5.41) is 0.902. The molecule has 3 nitrogen and oxygen atoms in total. The number of ketones is 1. The van der Waals surface area contributed by atoms with Crippen LogP contribution in [0.2, 0.25) is 0 Å². The molecule has 1 aromatic carbocycles. The molecule has 0 N–H and O–H groups in total. The van der Waals surface area contributed by atoms with Gasteiger partial charge < -0.3 is 0 Å². The number of rotatable bonds is 2. The number of benzene rings is 1. The molecule has 3 fully saturated rings. The molecule has 2 aromatic rings. The maximum atomic E-state index is 13.0. The Labute approximate surface area is 132 Å². The van der Waals surface area contributed by atoms with Gasteiger partial charge in [0.1, 0.15) is 0 Å². The Hall–Kier alpha value is -2.00. The van der Waals surface area contributed by atoms with Crippen LogP contribution < -0.4 is 0 Å². The summed E-state index contributed by atoms with van der Waals surface area (Å²) >= 11 is 0. The molecule has 0 amide bonds. The van der Waals surface area contributed by atoms with Gasteiger partial charge in [-0.1, -0.05) is 24.3 Å². The fourth-order valence-electron chi connectivity index (χ4n) is 3.89. The van der Waals surface area contributed by atoms with Crippen molar-refractivity contribution in [2.45, 2.75) is 18.9 Å². The zero-order chi connectivity index (χ0) is 16.0. The fraction of sp³-hybridized carbons (Fsp3) is 0.368. The minimum Gasteiger partial charge on any atom is -0.298 e. The molecule has 0 saturated carbocycles. The van der Waals surface area contributed by atoms with Crippen LogP contribution in [0.4, 0.5) is 0 Å². The fourth-order valence-corrected chi connectivity index (χ4v) is 3.89. The van der Waals surface area contributed by atoms with Gasteiger partial charge in [0.15, 0.2) is 5.78 Å². The third-order valence-electron chi connectivity index (χ3n) is 5.04. The van der Waals surface area contributed by atoms with Crippen molar-refractivity contribution in [3.63, 3.8) is 0 Å². The molecule has 2 bridgehead atoms. The second-order valence-electron chi connectivity index (χ2n) is 6.25. The van der Waals surface area contributed by atoms with E-state index in [0.717, 1.165) is 36.0 Å². The molecule has 22 heavy (non-hydrogen) atoms. The van der Waals surface area contributed by atoms with Crippen LogP contribution in [0.25, 0.3) is 10.9 Å². The van der Waals surface area contributed by atoms with E-state index in [2.05, 4.69) is 11.6 Å². The van der Waals surface area contributed by atoms with Gasteiger partial charge in [0.25, 0.3) is 0 Å². The first-order chi connectivity index (χ1) is 11.1. The van der Waals surface area contributed by atoms with E-state index in [1.165, 1.54) is 0 Å². The lowest BCUT2D eigenvalue weighted by Crippen LogP contribution is -2.39. The Balaban J connectivity index is 1.91. The van der Waals surface area contributed by atoms with Gasteiger partial charge in [0.05, 0.1) is 12.9 Å². The lowest BCUT2D eigenvalue weighted by atomic mass is 9.84. The Morgan fingerprint density at radius 3 is 3.09 bits per heavy atom. The molecular formula is C19H20N2O. The number of Topliss-reactive ketones (excluding diaryl/α,β-unsaturated/α-hetero) is 1. The van der Waals surface area contributed by atoms with Crippen LogP contribution >= 0.6 is 0 Å². The smallest absolute Gasteiger partial charge is 0.154 e. The number of hydrogen-bond donors (Lipinski definition) is 0. The minimum absolute atomic E-state index is 0.000651. The van der Waals surface area contributed by atoms with E-state index < -0.39 is 6.02 Å². The molecule has 3 aliphatic heterocycles. The Morgan fingerprint density at radius 2 is 2.23 bits per heavy atom. The van der Waals surface area contributed by atoms with E-state index in [9.17, 15) is 4.79 Å². The van der Waals surface area contributed by atoms with Crippen LogP contribution in [0.5, 0.6) is 0 Å². The standard InChI is InChI=1S/C19H20N2O/c1-2-13-12-21-10-8-14(13)11-18(22)19(21)16-7-9-20-17-6-4-3-5-15(16)17/h2-7,9,13-14,19H,1,8,10-12H2/t13-,14-,19-/m0/s1/i19D. The number of para-hydroxylation sites is 1. The summed E-state index contributed by atoms with van der Waals surface area (Å²) in [5.74, 6) is 0.630. The third kappa shape index (κ3) is 2.08. The van der Waals surface area contributed by atoms with Crippen LogP contribution in [0.3, 0.4) is 0 Å². The summed E-state index contributed by atoms with van der Waals surface area (Å²) in [7, 11) is 0. The number of carbonyl (C=O) groups is 1. The predicted molar refractivity (Wildman–Crippen MR) is 87.5 cm³/mol. The first-order valence-electron chi connectivity index (χ1n) is 8.39. The van der Waals surface area contributed by atoms with Gasteiger partial charge in [0, 0.05) is 24.5 Å². The van der Waals surface area contributed by atoms with E-state index in [0.29, 0.717) is 18.3 Å². The molecule has 5 rings (SSSR count). The topological polar surface area (TPSA) is 33.2 Å². The monoisotopic (exact) mass is 293 g/mol. The lowest BCUT2D eigenvalue weighted by molar-refractivity contribution is -0.123. The average molecular weight is 293 g/mol. The normalized spacial score (nSPS) is 35.2. The molecule has 0 radical (unpaired) electrons. The third-order valence-corrected chi connectivity index (χ3v) is 5.04. The van der Waals surface area contributed by atoms with Crippen LogP contribution in [0, 0.1) is 11.8 Å². The van der Waals surface area contributed by atoms with Crippen LogP contribution in [0.1, 0.15) is 25.8 Å². The Morgan fingerprint density at radius 1 is 1.36 bits per heavy atom. The molecule has 4 atom stereocenters. The van der Waals surface area contributed by atoms with Crippen molar-refractivity contribution in [1.29, 1.82) is 0 Å². The highest BCUT2D eigenvalue weighted by molar-refractivity contribution is 5.92. The molecule has 0 aliphatic carbocycles. The second kappa shape index (κ2) is 5.33. The summed E-state index contributed by atoms with van der Waals surface area (Å²) in [6, 6.07) is 8.30. The number of aromatic nitrogens is 1. The van der Waals surface area contributed by atoms with Crippen molar-refractivity contribution in [2.24, 2.45) is 11.8 Å². The van der Waals surface area contributed by atoms with Crippen LogP contribution in [-0.4, -0.2) is 28.8 Å². The van der Waals surface area contributed by atoms with E-state index in [1.807, 2.05) is 41.3 Å². The van der Waals surface area contributed by atoms with Crippen molar-refractivity contribution in [2.75, 3.05) is 13.1 Å². The van der Waals surface area contributed by atoms with Gasteiger partial charge in [-0.05, 0) is 42.5 Å². The largest absolute Gasteiger partial charge is 0.298 e. The van der Waals surface area contributed by atoms with E-state index in [-0.39, 0.29) is 5.78 Å². The molecule has 3 aliphatic rings. The number of nitrogens with zero attached hydrogens (tertiary/aromatic N) is 2. The van der Waals surface area contributed by atoms with Crippen molar-refractivity contribution < 1.29 is 6.17 Å². The summed E-state index contributed by atoms with van der Waals surface area (Å²) < 4.78 is 9.15. The highest BCUT2D eigenvalue weighted by atomic mass is 16.1. The molecule has 1 aromatic heterocycles.